The first-order chi connectivity index (χ1) is 12.7. The Labute approximate surface area is 158 Å². The number of thioether (sulfide) groups is 1. The summed E-state index contributed by atoms with van der Waals surface area (Å²) in [7, 11) is 0. The Morgan fingerprint density at radius 3 is 2.37 bits per heavy atom. The summed E-state index contributed by atoms with van der Waals surface area (Å²) in [4.78, 5) is 24.0. The van der Waals surface area contributed by atoms with E-state index in [2.05, 4.69) is 0 Å². The second-order valence-electron chi connectivity index (χ2n) is 5.23. The van der Waals surface area contributed by atoms with Gasteiger partial charge in [-0.2, -0.15) is 8.78 Å². The normalized spacial score (nSPS) is 11.3. The summed E-state index contributed by atoms with van der Waals surface area (Å²) < 4.78 is 54.9. The molecule has 0 aliphatic carbocycles. The first-order valence-electron chi connectivity index (χ1n) is 7.21. The Balaban J connectivity index is 2.65. The quantitative estimate of drug-likeness (QED) is 0.370. The number of nitrogens with zero attached hydrogens (tertiary/aromatic N) is 1. The van der Waals surface area contributed by atoms with Gasteiger partial charge in [-0.05, 0) is 30.0 Å². The molecule has 1 aromatic heterocycles. The SMILES string of the molecule is O=C([O-])c1c(SC(F)F)n(-c2ccccc2)c2c(Cl)c(F)c(F)cc2c1=O. The Kier molecular flexibility index (Phi) is 5.16. The minimum Gasteiger partial charge on any atom is -0.545 e. The van der Waals surface area contributed by atoms with Gasteiger partial charge in [0.25, 0.3) is 5.76 Å². The molecule has 0 bridgehead atoms. The summed E-state index contributed by atoms with van der Waals surface area (Å²) in [6.07, 6.45) is 0. The highest BCUT2D eigenvalue weighted by atomic mass is 35.5. The lowest BCUT2D eigenvalue weighted by Gasteiger charge is -2.21. The fourth-order valence-corrected chi connectivity index (χ4v) is 3.66. The van der Waals surface area contributed by atoms with Crippen molar-refractivity contribution in [1.29, 1.82) is 0 Å². The molecule has 0 unspecified atom stereocenters. The third-order valence-electron chi connectivity index (χ3n) is 3.67. The van der Waals surface area contributed by atoms with Crippen LogP contribution in [0.3, 0.4) is 0 Å². The van der Waals surface area contributed by atoms with Crippen molar-refractivity contribution in [3.63, 3.8) is 0 Å². The van der Waals surface area contributed by atoms with Crippen molar-refractivity contribution in [2.45, 2.75) is 10.8 Å². The number of hydrogen-bond donors (Lipinski definition) is 0. The van der Waals surface area contributed by atoms with Crippen LogP contribution in [0.2, 0.25) is 5.02 Å². The number of carboxylic acid groups (broad SMARTS) is 1. The van der Waals surface area contributed by atoms with Gasteiger partial charge in [0.2, 0.25) is 0 Å². The minimum absolute atomic E-state index is 0.112. The van der Waals surface area contributed by atoms with E-state index in [4.69, 9.17) is 11.6 Å². The fourth-order valence-electron chi connectivity index (χ4n) is 2.62. The number of alkyl halides is 2. The Morgan fingerprint density at radius 2 is 1.81 bits per heavy atom. The molecule has 0 fully saturated rings. The summed E-state index contributed by atoms with van der Waals surface area (Å²) >= 11 is 5.62. The van der Waals surface area contributed by atoms with Crippen LogP contribution in [-0.4, -0.2) is 16.3 Å². The summed E-state index contributed by atoms with van der Waals surface area (Å²) in [5.41, 5.74) is -2.72. The average Bonchev–Trinajstić information content (AvgIpc) is 2.61. The number of aromatic carboxylic acids is 1. The van der Waals surface area contributed by atoms with Crippen LogP contribution in [0, 0.1) is 11.6 Å². The highest BCUT2D eigenvalue weighted by Crippen LogP contribution is 2.36. The molecule has 0 aliphatic heterocycles. The molecule has 27 heavy (non-hydrogen) atoms. The number of aromatic nitrogens is 1. The van der Waals surface area contributed by atoms with Crippen molar-refractivity contribution in [3.05, 3.63) is 68.8 Å². The van der Waals surface area contributed by atoms with Gasteiger partial charge in [-0.25, -0.2) is 8.78 Å². The number of para-hydroxylation sites is 1. The highest BCUT2D eigenvalue weighted by molar-refractivity contribution is 7.99. The lowest BCUT2D eigenvalue weighted by Crippen LogP contribution is -2.32. The van der Waals surface area contributed by atoms with E-state index in [0.29, 0.717) is 6.07 Å². The van der Waals surface area contributed by atoms with Gasteiger partial charge in [-0.1, -0.05) is 29.8 Å². The van der Waals surface area contributed by atoms with Gasteiger partial charge in [0.05, 0.1) is 27.5 Å². The van der Waals surface area contributed by atoms with Gasteiger partial charge in [0.15, 0.2) is 17.1 Å². The maximum absolute atomic E-state index is 14.0. The van der Waals surface area contributed by atoms with Crippen LogP contribution in [0.5, 0.6) is 0 Å². The Hall–Kier alpha value is -2.52. The van der Waals surface area contributed by atoms with Crippen molar-refractivity contribution < 1.29 is 27.5 Å². The van der Waals surface area contributed by atoms with E-state index in [9.17, 15) is 32.3 Å². The average molecular weight is 417 g/mol. The summed E-state index contributed by atoms with van der Waals surface area (Å²) in [6, 6.07) is 7.87. The second-order valence-corrected chi connectivity index (χ2v) is 6.59. The van der Waals surface area contributed by atoms with Crippen LogP contribution in [0.1, 0.15) is 10.4 Å². The molecule has 4 nitrogen and oxygen atoms in total. The van der Waals surface area contributed by atoms with Crippen molar-refractivity contribution in [2.75, 3.05) is 0 Å². The lowest BCUT2D eigenvalue weighted by atomic mass is 10.1. The van der Waals surface area contributed by atoms with Crippen LogP contribution in [0.25, 0.3) is 16.6 Å². The molecular formula is C17H7ClF4NO3S-. The van der Waals surface area contributed by atoms with Crippen molar-refractivity contribution in [1.82, 2.24) is 4.57 Å². The zero-order valence-corrected chi connectivity index (χ0v) is 14.6. The van der Waals surface area contributed by atoms with Gasteiger partial charge < -0.3 is 14.5 Å². The van der Waals surface area contributed by atoms with E-state index in [1.807, 2.05) is 0 Å². The van der Waals surface area contributed by atoms with Crippen LogP contribution >= 0.6 is 23.4 Å². The maximum Gasteiger partial charge on any atom is 0.290 e. The van der Waals surface area contributed by atoms with Crippen LogP contribution in [-0.2, 0) is 0 Å². The molecule has 10 heteroatoms. The zero-order chi connectivity index (χ0) is 19.9. The smallest absolute Gasteiger partial charge is 0.290 e. The lowest BCUT2D eigenvalue weighted by molar-refractivity contribution is -0.255. The number of fused-ring (bicyclic) bond motifs is 1. The van der Waals surface area contributed by atoms with E-state index in [0.717, 1.165) is 4.57 Å². The largest absolute Gasteiger partial charge is 0.545 e. The standard InChI is InChI=1S/C17H8ClF4NO3S/c18-11-12(20)9(19)6-8-13(11)23(7-4-2-1-3-5-7)15(27-17(21)22)10(14(8)24)16(25)26/h1-6,17H,(H,25,26)/p-1. The van der Waals surface area contributed by atoms with E-state index in [1.54, 1.807) is 6.07 Å². The number of carbonyl (C=O) groups excluding carboxylic acids is 1. The number of halogens is 5. The predicted octanol–water partition coefficient (Wildman–Crippen LogP) is 3.60. The number of carbonyl (C=O) groups is 1. The van der Waals surface area contributed by atoms with Crippen LogP contribution in [0.4, 0.5) is 17.6 Å². The number of hydrogen-bond acceptors (Lipinski definition) is 4. The Morgan fingerprint density at radius 1 is 1.19 bits per heavy atom. The van der Waals surface area contributed by atoms with E-state index in [1.165, 1.54) is 24.3 Å². The fraction of sp³-hybridized carbons (Fsp3) is 0.0588. The summed E-state index contributed by atoms with van der Waals surface area (Å²) in [6.45, 7) is 0. The van der Waals surface area contributed by atoms with E-state index >= 15 is 0 Å². The molecule has 3 rings (SSSR count). The van der Waals surface area contributed by atoms with Gasteiger partial charge in [0.1, 0.15) is 5.02 Å². The zero-order valence-electron chi connectivity index (χ0n) is 13.0. The third-order valence-corrected chi connectivity index (χ3v) is 4.80. The molecule has 3 aromatic rings. The first kappa shape index (κ1) is 19.2. The molecule has 140 valence electrons. The van der Waals surface area contributed by atoms with Crippen molar-refractivity contribution in [3.8, 4) is 5.69 Å². The Bertz CT molecular complexity index is 1120. The number of carboxylic acids is 1. The summed E-state index contributed by atoms with van der Waals surface area (Å²) in [5.74, 6) is -8.13. The topological polar surface area (TPSA) is 62.1 Å². The third kappa shape index (κ3) is 3.28. The predicted molar refractivity (Wildman–Crippen MR) is 90.7 cm³/mol. The molecule has 0 N–H and O–H groups in total. The monoisotopic (exact) mass is 416 g/mol. The number of benzene rings is 2. The van der Waals surface area contributed by atoms with Crippen LogP contribution < -0.4 is 10.5 Å². The molecule has 0 spiro atoms. The maximum atomic E-state index is 14.0. The molecule has 1 heterocycles. The number of pyridine rings is 1. The second kappa shape index (κ2) is 7.24. The van der Waals surface area contributed by atoms with Crippen molar-refractivity contribution >= 4 is 40.2 Å². The molecule has 0 amide bonds. The number of rotatable bonds is 4. The van der Waals surface area contributed by atoms with Gasteiger partial charge in [-0.3, -0.25) is 4.79 Å². The highest BCUT2D eigenvalue weighted by Gasteiger charge is 2.26. The molecule has 0 saturated heterocycles. The molecule has 2 aromatic carbocycles. The molecule has 0 atom stereocenters. The summed E-state index contributed by atoms with van der Waals surface area (Å²) in [5, 5.41) is 9.37. The van der Waals surface area contributed by atoms with E-state index < -0.39 is 55.3 Å². The van der Waals surface area contributed by atoms with E-state index in [-0.39, 0.29) is 17.4 Å². The van der Waals surface area contributed by atoms with Crippen LogP contribution in [0.15, 0.2) is 46.2 Å². The molecular weight excluding hydrogens is 410 g/mol. The van der Waals surface area contributed by atoms with Gasteiger partial charge in [0, 0.05) is 5.69 Å². The first-order valence-corrected chi connectivity index (χ1v) is 8.47. The molecule has 0 aliphatic rings. The minimum atomic E-state index is -3.11. The van der Waals surface area contributed by atoms with Crippen molar-refractivity contribution in [2.24, 2.45) is 0 Å². The molecule has 0 radical (unpaired) electrons. The molecule has 0 saturated carbocycles. The van der Waals surface area contributed by atoms with Gasteiger partial charge in [-0.15, -0.1) is 0 Å². The van der Waals surface area contributed by atoms with Gasteiger partial charge >= 0.3 is 0 Å².